The number of anilines is 2. The van der Waals surface area contributed by atoms with Gasteiger partial charge in [-0.2, -0.15) is 0 Å². The first-order chi connectivity index (χ1) is 8.17. The second kappa shape index (κ2) is 7.14. The number of hydrogen-bond donors (Lipinski definition) is 1. The number of benzene rings is 1. The van der Waals surface area contributed by atoms with Gasteiger partial charge in [-0.25, -0.2) is 0 Å². The molecule has 0 radical (unpaired) electrons. The number of aryl methyl sites for hydroxylation is 1. The van der Waals surface area contributed by atoms with Gasteiger partial charge in [-0.3, -0.25) is 0 Å². The van der Waals surface area contributed by atoms with E-state index < -0.39 is 0 Å². The Morgan fingerprint density at radius 2 is 1.65 bits per heavy atom. The highest BCUT2D eigenvalue weighted by atomic mass is 16.5. The number of nitrogens with zero attached hydrogens (tertiary/aromatic N) is 1. The van der Waals surface area contributed by atoms with Gasteiger partial charge in [-0.1, -0.05) is 0 Å². The number of ether oxygens (including phenoxy) is 2. The maximum absolute atomic E-state index is 5.87. The molecule has 96 valence electrons. The Morgan fingerprint density at radius 1 is 1.06 bits per heavy atom. The normalized spacial score (nSPS) is 10.5. The Kier molecular flexibility index (Phi) is 5.80. The minimum absolute atomic E-state index is 0.692. The molecule has 0 bridgehead atoms. The lowest BCUT2D eigenvalue weighted by atomic mass is 10.2. The van der Waals surface area contributed by atoms with Crippen LogP contribution in [0.3, 0.4) is 0 Å². The monoisotopic (exact) mass is 238 g/mol. The van der Waals surface area contributed by atoms with Crippen molar-refractivity contribution in [3.05, 3.63) is 23.8 Å². The summed E-state index contributed by atoms with van der Waals surface area (Å²) in [5.74, 6) is 0. The van der Waals surface area contributed by atoms with Crippen molar-refractivity contribution < 1.29 is 9.47 Å². The molecule has 0 aliphatic carbocycles. The molecule has 0 aromatic heterocycles. The summed E-state index contributed by atoms with van der Waals surface area (Å²) in [6.07, 6.45) is 0. The minimum Gasteiger partial charge on any atom is -0.399 e. The quantitative estimate of drug-likeness (QED) is 0.734. The van der Waals surface area contributed by atoms with E-state index in [-0.39, 0.29) is 0 Å². The summed E-state index contributed by atoms with van der Waals surface area (Å²) in [7, 11) is 3.41. The van der Waals surface area contributed by atoms with Crippen molar-refractivity contribution in [2.24, 2.45) is 0 Å². The second-order valence-electron chi connectivity index (χ2n) is 4.07. The molecule has 4 heteroatoms. The molecular weight excluding hydrogens is 216 g/mol. The Bertz CT molecular complexity index is 314. The Morgan fingerprint density at radius 3 is 2.12 bits per heavy atom. The second-order valence-corrected chi connectivity index (χ2v) is 4.07. The third kappa shape index (κ3) is 4.63. The van der Waals surface area contributed by atoms with Crippen LogP contribution in [0, 0.1) is 6.92 Å². The molecule has 0 heterocycles. The third-order valence-electron chi connectivity index (χ3n) is 2.58. The number of hydrogen-bond acceptors (Lipinski definition) is 4. The molecule has 0 amide bonds. The summed E-state index contributed by atoms with van der Waals surface area (Å²) >= 11 is 0. The van der Waals surface area contributed by atoms with Gasteiger partial charge in [0.15, 0.2) is 0 Å². The van der Waals surface area contributed by atoms with Crippen LogP contribution in [0.15, 0.2) is 18.2 Å². The highest BCUT2D eigenvalue weighted by Gasteiger charge is 2.07. The molecule has 17 heavy (non-hydrogen) atoms. The highest BCUT2D eigenvalue weighted by Crippen LogP contribution is 2.20. The van der Waals surface area contributed by atoms with E-state index in [9.17, 15) is 0 Å². The summed E-state index contributed by atoms with van der Waals surface area (Å²) in [6, 6.07) is 6.08. The molecule has 2 N–H and O–H groups in total. The SMILES string of the molecule is COCCN(CCOC)c1cc(C)cc(N)c1. The zero-order valence-electron chi connectivity index (χ0n) is 10.9. The maximum atomic E-state index is 5.87. The molecule has 0 saturated heterocycles. The average Bonchev–Trinajstić information content (AvgIpc) is 2.28. The van der Waals surface area contributed by atoms with Crippen LogP contribution in [0.1, 0.15) is 5.56 Å². The molecule has 0 saturated carbocycles. The fourth-order valence-corrected chi connectivity index (χ4v) is 1.75. The summed E-state index contributed by atoms with van der Waals surface area (Å²) in [5, 5.41) is 0. The lowest BCUT2D eigenvalue weighted by Crippen LogP contribution is -2.30. The largest absolute Gasteiger partial charge is 0.399 e. The lowest BCUT2D eigenvalue weighted by molar-refractivity contribution is 0.190. The van der Waals surface area contributed by atoms with Crippen molar-refractivity contribution in [1.29, 1.82) is 0 Å². The van der Waals surface area contributed by atoms with Gasteiger partial charge in [0, 0.05) is 38.7 Å². The van der Waals surface area contributed by atoms with Crippen molar-refractivity contribution in [3.8, 4) is 0 Å². The van der Waals surface area contributed by atoms with Gasteiger partial charge >= 0.3 is 0 Å². The number of rotatable bonds is 7. The van der Waals surface area contributed by atoms with Crippen LogP contribution >= 0.6 is 0 Å². The first kappa shape index (κ1) is 13.8. The molecule has 0 unspecified atom stereocenters. The lowest BCUT2D eigenvalue weighted by Gasteiger charge is -2.25. The van der Waals surface area contributed by atoms with Crippen LogP contribution in [-0.4, -0.2) is 40.5 Å². The molecule has 0 aliphatic rings. The van der Waals surface area contributed by atoms with Crippen LogP contribution in [0.5, 0.6) is 0 Å². The predicted octanol–water partition coefficient (Wildman–Crippen LogP) is 1.68. The van der Waals surface area contributed by atoms with Gasteiger partial charge in [0.1, 0.15) is 0 Å². The first-order valence-corrected chi connectivity index (χ1v) is 5.77. The minimum atomic E-state index is 0.692. The molecule has 4 nitrogen and oxygen atoms in total. The fraction of sp³-hybridized carbons (Fsp3) is 0.538. The van der Waals surface area contributed by atoms with Crippen molar-refractivity contribution in [2.75, 3.05) is 51.2 Å². The molecule has 0 aliphatic heterocycles. The average molecular weight is 238 g/mol. The zero-order valence-corrected chi connectivity index (χ0v) is 10.9. The van der Waals surface area contributed by atoms with E-state index in [0.29, 0.717) is 13.2 Å². The molecule has 1 aromatic rings. The van der Waals surface area contributed by atoms with E-state index in [1.807, 2.05) is 19.1 Å². The molecule has 1 rings (SSSR count). The molecule has 1 aromatic carbocycles. The molecule has 0 atom stereocenters. The number of methoxy groups -OCH3 is 2. The Hall–Kier alpha value is -1.26. The van der Waals surface area contributed by atoms with Crippen LogP contribution in [-0.2, 0) is 9.47 Å². The van der Waals surface area contributed by atoms with Crippen molar-refractivity contribution >= 4 is 11.4 Å². The van der Waals surface area contributed by atoms with Crippen molar-refractivity contribution in [3.63, 3.8) is 0 Å². The van der Waals surface area contributed by atoms with Gasteiger partial charge in [0.2, 0.25) is 0 Å². The molecule has 0 spiro atoms. The van der Waals surface area contributed by atoms with Gasteiger partial charge in [-0.15, -0.1) is 0 Å². The van der Waals surface area contributed by atoms with Crippen LogP contribution in [0.4, 0.5) is 11.4 Å². The summed E-state index contributed by atoms with van der Waals surface area (Å²) in [5.41, 5.74) is 8.95. The van der Waals surface area contributed by atoms with Crippen LogP contribution in [0.25, 0.3) is 0 Å². The van der Waals surface area contributed by atoms with Crippen LogP contribution in [0.2, 0.25) is 0 Å². The highest BCUT2D eigenvalue weighted by molar-refractivity contribution is 5.58. The molecular formula is C13H22N2O2. The predicted molar refractivity (Wildman–Crippen MR) is 71.6 cm³/mol. The number of nitrogen functional groups attached to an aromatic ring is 1. The standard InChI is InChI=1S/C13H22N2O2/c1-11-8-12(14)10-13(9-11)15(4-6-16-2)5-7-17-3/h8-10H,4-7,14H2,1-3H3. The summed E-state index contributed by atoms with van der Waals surface area (Å²) in [6.45, 7) is 5.10. The fourth-order valence-electron chi connectivity index (χ4n) is 1.75. The van der Waals surface area contributed by atoms with Gasteiger partial charge in [0.25, 0.3) is 0 Å². The summed E-state index contributed by atoms with van der Waals surface area (Å²) in [4.78, 5) is 2.22. The van der Waals surface area contributed by atoms with E-state index in [2.05, 4.69) is 11.0 Å². The third-order valence-corrected chi connectivity index (χ3v) is 2.58. The smallest absolute Gasteiger partial charge is 0.0637 e. The maximum Gasteiger partial charge on any atom is 0.0637 e. The van der Waals surface area contributed by atoms with Gasteiger partial charge in [0.05, 0.1) is 13.2 Å². The van der Waals surface area contributed by atoms with E-state index in [1.54, 1.807) is 14.2 Å². The van der Waals surface area contributed by atoms with E-state index >= 15 is 0 Å². The van der Waals surface area contributed by atoms with Gasteiger partial charge in [-0.05, 0) is 30.7 Å². The first-order valence-electron chi connectivity index (χ1n) is 5.77. The topological polar surface area (TPSA) is 47.7 Å². The van der Waals surface area contributed by atoms with Crippen molar-refractivity contribution in [2.45, 2.75) is 6.92 Å². The van der Waals surface area contributed by atoms with E-state index in [0.717, 1.165) is 24.5 Å². The van der Waals surface area contributed by atoms with E-state index in [1.165, 1.54) is 5.56 Å². The number of nitrogens with two attached hydrogens (primary N) is 1. The van der Waals surface area contributed by atoms with Crippen molar-refractivity contribution in [1.82, 2.24) is 0 Å². The Labute approximate surface area is 103 Å². The zero-order chi connectivity index (χ0) is 12.7. The van der Waals surface area contributed by atoms with Crippen LogP contribution < -0.4 is 10.6 Å². The molecule has 0 fully saturated rings. The Balaban J connectivity index is 2.78. The summed E-state index contributed by atoms with van der Waals surface area (Å²) < 4.78 is 10.2. The van der Waals surface area contributed by atoms with Gasteiger partial charge < -0.3 is 20.1 Å². The van der Waals surface area contributed by atoms with E-state index in [4.69, 9.17) is 15.2 Å².